The first kappa shape index (κ1) is 14.8. The zero-order valence-electron chi connectivity index (χ0n) is 11.8. The Morgan fingerprint density at radius 3 is 2.57 bits per heavy atom. The van der Waals surface area contributed by atoms with E-state index in [0.29, 0.717) is 6.42 Å². The van der Waals surface area contributed by atoms with E-state index in [1.807, 2.05) is 36.4 Å². The van der Waals surface area contributed by atoms with E-state index < -0.39 is 12.0 Å². The van der Waals surface area contributed by atoms with Crippen LogP contribution in [0.1, 0.15) is 11.1 Å². The molecule has 1 heterocycles. The van der Waals surface area contributed by atoms with E-state index in [2.05, 4.69) is 10.3 Å². The van der Waals surface area contributed by atoms with Crippen molar-refractivity contribution in [3.8, 4) is 0 Å². The first-order valence-corrected chi connectivity index (χ1v) is 6.72. The van der Waals surface area contributed by atoms with Gasteiger partial charge in [-0.1, -0.05) is 30.3 Å². The highest BCUT2D eigenvalue weighted by atomic mass is 16.5. The van der Waals surface area contributed by atoms with Gasteiger partial charge in [0, 0.05) is 18.8 Å². The Kier molecular flexibility index (Phi) is 5.15. The number of methoxy groups -OCH3 is 1. The summed E-state index contributed by atoms with van der Waals surface area (Å²) >= 11 is 0. The molecule has 0 saturated carbocycles. The highest BCUT2D eigenvalue weighted by molar-refractivity contribution is 5.85. The number of hydrogen-bond acceptors (Lipinski definition) is 3. The molecule has 110 valence electrons. The second-order valence-electron chi connectivity index (χ2n) is 4.73. The fraction of sp³-hybridized carbons (Fsp3) is 0.250. The molecule has 0 unspecified atom stereocenters. The molecule has 2 N–H and O–H groups in total. The normalized spacial score (nSPS) is 11.7. The van der Waals surface area contributed by atoms with Gasteiger partial charge in [-0.05, 0) is 17.2 Å². The van der Waals surface area contributed by atoms with Crippen molar-refractivity contribution in [2.75, 3.05) is 7.11 Å². The quantitative estimate of drug-likeness (QED) is 0.790. The van der Waals surface area contributed by atoms with E-state index in [0.717, 1.165) is 11.1 Å². The topological polar surface area (TPSA) is 71.2 Å². The lowest BCUT2D eigenvalue weighted by Gasteiger charge is -2.16. The molecule has 5 heteroatoms. The van der Waals surface area contributed by atoms with Crippen molar-refractivity contribution in [1.29, 1.82) is 0 Å². The summed E-state index contributed by atoms with van der Waals surface area (Å²) in [6.07, 6.45) is 4.15. The van der Waals surface area contributed by atoms with Crippen LogP contribution in [0.25, 0.3) is 0 Å². The van der Waals surface area contributed by atoms with E-state index in [4.69, 9.17) is 4.74 Å². The van der Waals surface area contributed by atoms with Gasteiger partial charge < -0.3 is 15.0 Å². The van der Waals surface area contributed by atoms with Crippen molar-refractivity contribution in [2.24, 2.45) is 0 Å². The highest BCUT2D eigenvalue weighted by Gasteiger charge is 2.21. The molecule has 2 rings (SSSR count). The van der Waals surface area contributed by atoms with Crippen LogP contribution in [0.4, 0.5) is 0 Å². The maximum absolute atomic E-state index is 12.0. The van der Waals surface area contributed by atoms with Crippen LogP contribution in [-0.2, 0) is 27.2 Å². The first-order chi connectivity index (χ1) is 10.2. The monoisotopic (exact) mass is 286 g/mol. The zero-order valence-corrected chi connectivity index (χ0v) is 11.8. The van der Waals surface area contributed by atoms with E-state index in [-0.39, 0.29) is 12.3 Å². The standard InChI is InChI=1S/C16H18N2O3/c1-21-16(20)14(9-12-5-3-2-4-6-12)18-15(19)10-13-7-8-17-11-13/h2-8,11,14,17H,9-10H2,1H3,(H,18,19)/t14-/m0/s1. The fourth-order valence-electron chi connectivity index (χ4n) is 2.08. The molecule has 21 heavy (non-hydrogen) atoms. The number of esters is 1. The number of nitrogens with one attached hydrogen (secondary N) is 2. The van der Waals surface area contributed by atoms with Gasteiger partial charge in [0.05, 0.1) is 13.5 Å². The number of aromatic nitrogens is 1. The third kappa shape index (κ3) is 4.49. The van der Waals surface area contributed by atoms with Crippen LogP contribution >= 0.6 is 0 Å². The van der Waals surface area contributed by atoms with E-state index in [9.17, 15) is 9.59 Å². The fourth-order valence-corrected chi connectivity index (χ4v) is 2.08. The number of rotatable bonds is 6. The second kappa shape index (κ2) is 7.28. The van der Waals surface area contributed by atoms with Gasteiger partial charge in [-0.15, -0.1) is 0 Å². The lowest BCUT2D eigenvalue weighted by Crippen LogP contribution is -2.43. The number of amides is 1. The largest absolute Gasteiger partial charge is 0.467 e. The SMILES string of the molecule is COC(=O)[C@H](Cc1ccccc1)NC(=O)Cc1cc[nH]c1. The molecule has 0 spiro atoms. The molecule has 1 aromatic heterocycles. The maximum Gasteiger partial charge on any atom is 0.328 e. The number of H-pyrrole nitrogens is 1. The molecule has 0 aliphatic heterocycles. The minimum atomic E-state index is -0.677. The number of ether oxygens (including phenoxy) is 1. The minimum Gasteiger partial charge on any atom is -0.467 e. The van der Waals surface area contributed by atoms with Crippen molar-refractivity contribution in [1.82, 2.24) is 10.3 Å². The van der Waals surface area contributed by atoms with Crippen LogP contribution in [0.5, 0.6) is 0 Å². The van der Waals surface area contributed by atoms with Gasteiger partial charge in [0.1, 0.15) is 6.04 Å². The second-order valence-corrected chi connectivity index (χ2v) is 4.73. The average molecular weight is 286 g/mol. The predicted octanol–water partition coefficient (Wildman–Crippen LogP) is 1.46. The molecule has 1 aromatic carbocycles. The van der Waals surface area contributed by atoms with Gasteiger partial charge in [-0.3, -0.25) is 4.79 Å². The summed E-state index contributed by atoms with van der Waals surface area (Å²) < 4.78 is 4.76. The Bertz CT molecular complexity index is 579. The summed E-state index contributed by atoms with van der Waals surface area (Å²) in [6.45, 7) is 0. The molecule has 0 bridgehead atoms. The summed E-state index contributed by atoms with van der Waals surface area (Å²) in [5, 5.41) is 2.73. The van der Waals surface area contributed by atoms with Crippen LogP contribution in [0.2, 0.25) is 0 Å². The van der Waals surface area contributed by atoms with E-state index >= 15 is 0 Å². The Balaban J connectivity index is 1.99. The molecule has 0 aliphatic carbocycles. The molecular formula is C16H18N2O3. The van der Waals surface area contributed by atoms with Crippen molar-refractivity contribution in [2.45, 2.75) is 18.9 Å². The molecular weight excluding hydrogens is 268 g/mol. The van der Waals surface area contributed by atoms with Crippen LogP contribution in [0.3, 0.4) is 0 Å². The van der Waals surface area contributed by atoms with Crippen molar-refractivity contribution in [3.05, 3.63) is 59.9 Å². The Labute approximate surface area is 123 Å². The summed E-state index contributed by atoms with van der Waals surface area (Å²) in [5.74, 6) is -0.651. The summed E-state index contributed by atoms with van der Waals surface area (Å²) in [4.78, 5) is 26.7. The van der Waals surface area contributed by atoms with Crippen LogP contribution < -0.4 is 5.32 Å². The number of aromatic amines is 1. The molecule has 0 aliphatic rings. The third-order valence-corrected chi connectivity index (χ3v) is 3.13. The first-order valence-electron chi connectivity index (χ1n) is 6.72. The van der Waals surface area contributed by atoms with Gasteiger partial charge in [0.15, 0.2) is 0 Å². The third-order valence-electron chi connectivity index (χ3n) is 3.13. The maximum atomic E-state index is 12.0. The van der Waals surface area contributed by atoms with Crippen LogP contribution in [-0.4, -0.2) is 30.0 Å². The summed E-state index contributed by atoms with van der Waals surface area (Å²) in [6, 6.07) is 10.7. The van der Waals surface area contributed by atoms with Gasteiger partial charge in [-0.2, -0.15) is 0 Å². The lowest BCUT2D eigenvalue weighted by atomic mass is 10.1. The minimum absolute atomic E-state index is 0.207. The molecule has 0 saturated heterocycles. The molecule has 0 fully saturated rings. The van der Waals surface area contributed by atoms with Gasteiger partial charge in [0.25, 0.3) is 0 Å². The number of carbonyl (C=O) groups is 2. The number of carbonyl (C=O) groups excluding carboxylic acids is 2. The average Bonchev–Trinajstić information content (AvgIpc) is 2.99. The molecule has 5 nitrogen and oxygen atoms in total. The number of hydrogen-bond donors (Lipinski definition) is 2. The molecule has 1 amide bonds. The van der Waals surface area contributed by atoms with E-state index in [1.54, 1.807) is 12.4 Å². The summed E-state index contributed by atoms with van der Waals surface area (Å²) in [7, 11) is 1.32. The highest BCUT2D eigenvalue weighted by Crippen LogP contribution is 2.05. The smallest absolute Gasteiger partial charge is 0.328 e. The van der Waals surface area contributed by atoms with E-state index in [1.165, 1.54) is 7.11 Å². The predicted molar refractivity (Wildman–Crippen MR) is 78.6 cm³/mol. The van der Waals surface area contributed by atoms with Crippen molar-refractivity contribution < 1.29 is 14.3 Å². The van der Waals surface area contributed by atoms with Crippen LogP contribution in [0, 0.1) is 0 Å². The van der Waals surface area contributed by atoms with Crippen LogP contribution in [0.15, 0.2) is 48.8 Å². The Morgan fingerprint density at radius 1 is 1.19 bits per heavy atom. The lowest BCUT2D eigenvalue weighted by molar-refractivity contribution is -0.145. The summed E-state index contributed by atoms with van der Waals surface area (Å²) in [5.41, 5.74) is 1.84. The Hall–Kier alpha value is -2.56. The van der Waals surface area contributed by atoms with Gasteiger partial charge in [-0.25, -0.2) is 4.79 Å². The molecule has 2 aromatic rings. The van der Waals surface area contributed by atoms with Gasteiger partial charge >= 0.3 is 5.97 Å². The van der Waals surface area contributed by atoms with Gasteiger partial charge in [0.2, 0.25) is 5.91 Å². The molecule has 1 atom stereocenters. The van der Waals surface area contributed by atoms with Crippen molar-refractivity contribution in [3.63, 3.8) is 0 Å². The molecule has 0 radical (unpaired) electrons. The zero-order chi connectivity index (χ0) is 15.1. The number of benzene rings is 1. The van der Waals surface area contributed by atoms with Crippen molar-refractivity contribution >= 4 is 11.9 Å². The Morgan fingerprint density at radius 2 is 1.95 bits per heavy atom.